The summed E-state index contributed by atoms with van der Waals surface area (Å²) in [5.74, 6) is 0. The Labute approximate surface area is 87.6 Å². The molecular weight excluding hydrogens is 174 g/mol. The van der Waals surface area contributed by atoms with Gasteiger partial charge in [-0.25, -0.2) is 0 Å². The molecule has 1 saturated carbocycles. The maximum absolute atomic E-state index is 8.99. The summed E-state index contributed by atoms with van der Waals surface area (Å²) in [6.07, 6.45) is 9.64. The molecule has 82 valence electrons. The van der Waals surface area contributed by atoms with E-state index < -0.39 is 0 Å². The summed E-state index contributed by atoms with van der Waals surface area (Å²) in [5.41, 5.74) is 0. The number of aliphatic hydroxyl groups is 1. The quantitative estimate of drug-likeness (QED) is 0.499. The van der Waals surface area contributed by atoms with Crippen molar-refractivity contribution in [2.75, 3.05) is 19.7 Å². The number of allylic oxidation sites excluding steroid dienone is 1. The largest absolute Gasteiger partial charge is 0.395 e. The van der Waals surface area contributed by atoms with E-state index in [9.17, 15) is 0 Å². The Kier molecular flexibility index (Phi) is 5.88. The van der Waals surface area contributed by atoms with Crippen LogP contribution in [0.25, 0.3) is 0 Å². The molecule has 2 nitrogen and oxygen atoms in total. The molecule has 1 aliphatic rings. The molecule has 0 heterocycles. The minimum Gasteiger partial charge on any atom is -0.395 e. The normalized spacial score (nSPS) is 17.9. The summed E-state index contributed by atoms with van der Waals surface area (Å²) in [4.78, 5) is 2.45. The first-order valence-corrected chi connectivity index (χ1v) is 5.84. The lowest BCUT2D eigenvalue weighted by Crippen LogP contribution is -2.36. The Morgan fingerprint density at radius 3 is 2.57 bits per heavy atom. The predicted octanol–water partition coefficient (Wildman–Crippen LogP) is 2.19. The maximum Gasteiger partial charge on any atom is 0.0558 e. The molecule has 0 aromatic carbocycles. The molecule has 0 amide bonds. The molecular formula is C12H23NO. The number of nitrogens with zero attached hydrogens (tertiary/aromatic N) is 1. The van der Waals surface area contributed by atoms with Crippen molar-refractivity contribution in [3.05, 3.63) is 12.7 Å². The standard InChI is InChI=1S/C12H23NO/c1-2-3-6-9-13(10-11-14)12-7-4-5-8-12/h2,12,14H,1,3-11H2. The zero-order valence-electron chi connectivity index (χ0n) is 9.12. The number of unbranched alkanes of at least 4 members (excludes halogenated alkanes) is 1. The van der Waals surface area contributed by atoms with Gasteiger partial charge in [0.15, 0.2) is 0 Å². The summed E-state index contributed by atoms with van der Waals surface area (Å²) < 4.78 is 0. The highest BCUT2D eigenvalue weighted by Gasteiger charge is 2.21. The summed E-state index contributed by atoms with van der Waals surface area (Å²) in [6, 6.07) is 0.743. The van der Waals surface area contributed by atoms with Crippen molar-refractivity contribution < 1.29 is 5.11 Å². The molecule has 0 aromatic rings. The minimum atomic E-state index is 0.296. The van der Waals surface area contributed by atoms with E-state index in [1.165, 1.54) is 32.1 Å². The molecule has 14 heavy (non-hydrogen) atoms. The van der Waals surface area contributed by atoms with Gasteiger partial charge in [-0.05, 0) is 32.2 Å². The van der Waals surface area contributed by atoms with Crippen LogP contribution in [0.15, 0.2) is 12.7 Å². The van der Waals surface area contributed by atoms with Gasteiger partial charge in [0.05, 0.1) is 6.61 Å². The van der Waals surface area contributed by atoms with Gasteiger partial charge < -0.3 is 5.11 Å². The predicted molar refractivity (Wildman–Crippen MR) is 60.3 cm³/mol. The third-order valence-electron chi connectivity index (χ3n) is 3.08. The van der Waals surface area contributed by atoms with E-state index in [2.05, 4.69) is 11.5 Å². The van der Waals surface area contributed by atoms with Gasteiger partial charge in [0.25, 0.3) is 0 Å². The van der Waals surface area contributed by atoms with Crippen LogP contribution in [-0.4, -0.2) is 35.7 Å². The molecule has 1 aliphatic carbocycles. The minimum absolute atomic E-state index is 0.296. The second-order valence-electron chi connectivity index (χ2n) is 4.13. The van der Waals surface area contributed by atoms with E-state index in [0.29, 0.717) is 6.61 Å². The number of aliphatic hydroxyl groups excluding tert-OH is 1. The number of hydrogen-bond acceptors (Lipinski definition) is 2. The van der Waals surface area contributed by atoms with Crippen LogP contribution in [0.2, 0.25) is 0 Å². The van der Waals surface area contributed by atoms with Crippen molar-refractivity contribution in [3.63, 3.8) is 0 Å². The second kappa shape index (κ2) is 7.02. The summed E-state index contributed by atoms with van der Waals surface area (Å²) in [6.45, 7) is 6.00. The molecule has 0 saturated heterocycles. The fourth-order valence-electron chi connectivity index (χ4n) is 2.31. The van der Waals surface area contributed by atoms with Gasteiger partial charge in [-0.3, -0.25) is 4.90 Å². The van der Waals surface area contributed by atoms with Crippen LogP contribution in [0.1, 0.15) is 38.5 Å². The van der Waals surface area contributed by atoms with Gasteiger partial charge in [-0.15, -0.1) is 6.58 Å². The van der Waals surface area contributed by atoms with E-state index in [4.69, 9.17) is 5.11 Å². The van der Waals surface area contributed by atoms with Crippen molar-refractivity contribution >= 4 is 0 Å². The van der Waals surface area contributed by atoms with Crippen LogP contribution in [0, 0.1) is 0 Å². The first-order chi connectivity index (χ1) is 6.88. The Hall–Kier alpha value is -0.340. The molecule has 1 fully saturated rings. The number of hydrogen-bond donors (Lipinski definition) is 1. The lowest BCUT2D eigenvalue weighted by Gasteiger charge is -2.27. The lowest BCUT2D eigenvalue weighted by molar-refractivity contribution is 0.150. The van der Waals surface area contributed by atoms with Crippen LogP contribution in [-0.2, 0) is 0 Å². The van der Waals surface area contributed by atoms with E-state index in [1.807, 2.05) is 6.08 Å². The Balaban J connectivity index is 2.25. The molecule has 0 unspecified atom stereocenters. The van der Waals surface area contributed by atoms with Gasteiger partial charge in [0, 0.05) is 12.6 Å². The van der Waals surface area contributed by atoms with Crippen molar-refractivity contribution in [2.24, 2.45) is 0 Å². The van der Waals surface area contributed by atoms with E-state index in [-0.39, 0.29) is 0 Å². The highest BCUT2D eigenvalue weighted by atomic mass is 16.3. The van der Waals surface area contributed by atoms with Gasteiger partial charge in [-0.2, -0.15) is 0 Å². The molecule has 1 rings (SSSR count). The maximum atomic E-state index is 8.99. The number of rotatable bonds is 7. The fourth-order valence-corrected chi connectivity index (χ4v) is 2.31. The molecule has 0 spiro atoms. The summed E-state index contributed by atoms with van der Waals surface area (Å²) in [5, 5.41) is 8.99. The second-order valence-corrected chi connectivity index (χ2v) is 4.13. The van der Waals surface area contributed by atoms with Crippen molar-refractivity contribution in [2.45, 2.75) is 44.6 Å². The van der Waals surface area contributed by atoms with Crippen molar-refractivity contribution in [1.29, 1.82) is 0 Å². The van der Waals surface area contributed by atoms with Gasteiger partial charge in [0.1, 0.15) is 0 Å². The van der Waals surface area contributed by atoms with Crippen LogP contribution >= 0.6 is 0 Å². The lowest BCUT2D eigenvalue weighted by atomic mass is 10.2. The van der Waals surface area contributed by atoms with Gasteiger partial charge in [-0.1, -0.05) is 18.9 Å². The fraction of sp³-hybridized carbons (Fsp3) is 0.833. The first kappa shape index (κ1) is 11.7. The molecule has 0 radical (unpaired) electrons. The molecule has 0 atom stereocenters. The SMILES string of the molecule is C=CCCCN(CCO)C1CCCC1. The van der Waals surface area contributed by atoms with Gasteiger partial charge >= 0.3 is 0 Å². The van der Waals surface area contributed by atoms with Crippen molar-refractivity contribution in [3.8, 4) is 0 Å². The molecule has 1 N–H and O–H groups in total. The average Bonchev–Trinajstić information content (AvgIpc) is 2.70. The monoisotopic (exact) mass is 197 g/mol. The van der Waals surface area contributed by atoms with Crippen LogP contribution in [0.4, 0.5) is 0 Å². The highest BCUT2D eigenvalue weighted by Crippen LogP contribution is 2.23. The van der Waals surface area contributed by atoms with Gasteiger partial charge in [0.2, 0.25) is 0 Å². The highest BCUT2D eigenvalue weighted by molar-refractivity contribution is 4.78. The zero-order valence-corrected chi connectivity index (χ0v) is 9.12. The first-order valence-electron chi connectivity index (χ1n) is 5.84. The summed E-state index contributed by atoms with van der Waals surface area (Å²) >= 11 is 0. The smallest absolute Gasteiger partial charge is 0.0558 e. The average molecular weight is 197 g/mol. The third kappa shape index (κ3) is 3.81. The van der Waals surface area contributed by atoms with E-state index >= 15 is 0 Å². The third-order valence-corrected chi connectivity index (χ3v) is 3.08. The zero-order chi connectivity index (χ0) is 10.2. The Morgan fingerprint density at radius 1 is 1.29 bits per heavy atom. The van der Waals surface area contributed by atoms with Crippen LogP contribution < -0.4 is 0 Å². The van der Waals surface area contributed by atoms with Crippen molar-refractivity contribution in [1.82, 2.24) is 4.90 Å². The molecule has 0 bridgehead atoms. The van der Waals surface area contributed by atoms with Crippen LogP contribution in [0.5, 0.6) is 0 Å². The Morgan fingerprint density at radius 2 is 2.00 bits per heavy atom. The molecule has 0 aliphatic heterocycles. The summed E-state index contributed by atoms with van der Waals surface area (Å²) in [7, 11) is 0. The molecule has 0 aromatic heterocycles. The van der Waals surface area contributed by atoms with E-state index in [1.54, 1.807) is 0 Å². The van der Waals surface area contributed by atoms with Crippen LogP contribution in [0.3, 0.4) is 0 Å². The molecule has 2 heteroatoms. The van der Waals surface area contributed by atoms with E-state index in [0.717, 1.165) is 25.6 Å². The Bertz CT molecular complexity index is 152. The topological polar surface area (TPSA) is 23.5 Å².